The standard InChI is InChI=1S/C9H4FNO2S/c10-14(12,13)9-6-2-1-4-8(9)5-3-7-11/h1-2,4,6H. The first-order valence-corrected chi connectivity index (χ1v) is 4.88. The molecule has 0 N–H and O–H groups in total. The molecule has 0 atom stereocenters. The van der Waals surface area contributed by atoms with Crippen LogP contribution >= 0.6 is 0 Å². The lowest BCUT2D eigenvalue weighted by atomic mass is 10.2. The lowest BCUT2D eigenvalue weighted by Crippen LogP contribution is -1.95. The first-order chi connectivity index (χ1) is 6.55. The molecule has 1 rings (SSSR count). The summed E-state index contributed by atoms with van der Waals surface area (Å²) in [6.07, 6.45) is 0. The summed E-state index contributed by atoms with van der Waals surface area (Å²) in [5.41, 5.74) is -0.0171. The molecule has 0 aromatic heterocycles. The van der Waals surface area contributed by atoms with Gasteiger partial charge in [0.2, 0.25) is 0 Å². The molecule has 0 unspecified atom stereocenters. The van der Waals surface area contributed by atoms with Gasteiger partial charge in [-0.05, 0) is 18.1 Å². The Labute approximate surface area is 81.0 Å². The average molecular weight is 209 g/mol. The van der Waals surface area contributed by atoms with E-state index >= 15 is 0 Å². The van der Waals surface area contributed by atoms with Gasteiger partial charge in [-0.3, -0.25) is 0 Å². The molecule has 14 heavy (non-hydrogen) atoms. The molecule has 0 spiro atoms. The van der Waals surface area contributed by atoms with E-state index in [1.54, 1.807) is 0 Å². The predicted octanol–water partition coefficient (Wildman–Crippen LogP) is 1.22. The molecule has 0 amide bonds. The van der Waals surface area contributed by atoms with Crippen LogP contribution in [0.15, 0.2) is 29.2 Å². The number of halogens is 1. The van der Waals surface area contributed by atoms with Crippen molar-refractivity contribution in [2.75, 3.05) is 0 Å². The van der Waals surface area contributed by atoms with Gasteiger partial charge in [-0.15, -0.1) is 3.89 Å². The normalized spacial score (nSPS) is 9.71. The summed E-state index contributed by atoms with van der Waals surface area (Å²) >= 11 is 0. The third kappa shape index (κ3) is 2.32. The zero-order chi connectivity index (χ0) is 10.6. The number of hydrogen-bond acceptors (Lipinski definition) is 3. The predicted molar refractivity (Wildman–Crippen MR) is 47.2 cm³/mol. The van der Waals surface area contributed by atoms with Gasteiger partial charge >= 0.3 is 10.2 Å². The zero-order valence-corrected chi connectivity index (χ0v) is 7.68. The van der Waals surface area contributed by atoms with Crippen molar-refractivity contribution in [1.82, 2.24) is 0 Å². The van der Waals surface area contributed by atoms with Crippen LogP contribution in [0.25, 0.3) is 0 Å². The second-order valence-corrected chi connectivity index (χ2v) is 3.61. The monoisotopic (exact) mass is 209 g/mol. The first-order valence-electron chi connectivity index (χ1n) is 3.49. The molecule has 0 aliphatic carbocycles. The molecular weight excluding hydrogens is 205 g/mol. The Hall–Kier alpha value is -1.85. The Balaban J connectivity index is 3.40. The molecule has 0 fully saturated rings. The van der Waals surface area contributed by atoms with Crippen LogP contribution in [-0.2, 0) is 10.2 Å². The van der Waals surface area contributed by atoms with E-state index in [0.717, 1.165) is 6.07 Å². The largest absolute Gasteiger partial charge is 0.333 e. The van der Waals surface area contributed by atoms with Crippen molar-refractivity contribution in [1.29, 1.82) is 5.26 Å². The maximum atomic E-state index is 12.6. The third-order valence-electron chi connectivity index (χ3n) is 1.40. The van der Waals surface area contributed by atoms with Gasteiger partial charge in [0.25, 0.3) is 0 Å². The second kappa shape index (κ2) is 3.91. The van der Waals surface area contributed by atoms with Gasteiger partial charge in [-0.25, -0.2) is 0 Å². The Morgan fingerprint density at radius 3 is 2.50 bits per heavy atom. The highest BCUT2D eigenvalue weighted by Gasteiger charge is 2.14. The molecule has 0 saturated heterocycles. The summed E-state index contributed by atoms with van der Waals surface area (Å²) in [5.74, 6) is 4.24. The van der Waals surface area contributed by atoms with Crippen LogP contribution in [-0.4, -0.2) is 8.42 Å². The van der Waals surface area contributed by atoms with E-state index in [9.17, 15) is 12.3 Å². The van der Waals surface area contributed by atoms with Gasteiger partial charge in [-0.1, -0.05) is 12.1 Å². The topological polar surface area (TPSA) is 57.9 Å². The highest BCUT2D eigenvalue weighted by Crippen LogP contribution is 2.16. The summed E-state index contributed by atoms with van der Waals surface area (Å²) in [7, 11) is -4.78. The first kappa shape index (κ1) is 10.2. The van der Waals surface area contributed by atoms with Crippen molar-refractivity contribution in [3.05, 3.63) is 29.8 Å². The van der Waals surface area contributed by atoms with E-state index in [0.29, 0.717) is 0 Å². The van der Waals surface area contributed by atoms with Crippen molar-refractivity contribution in [2.45, 2.75) is 4.90 Å². The molecule has 0 aliphatic heterocycles. The van der Waals surface area contributed by atoms with E-state index in [1.165, 1.54) is 24.3 Å². The molecule has 1 aromatic carbocycles. The molecule has 0 radical (unpaired) electrons. The molecule has 0 bridgehead atoms. The smallest absolute Gasteiger partial charge is 0.189 e. The zero-order valence-electron chi connectivity index (χ0n) is 6.86. The summed E-state index contributed by atoms with van der Waals surface area (Å²) in [5, 5.41) is 8.15. The van der Waals surface area contributed by atoms with Gasteiger partial charge < -0.3 is 0 Å². The van der Waals surface area contributed by atoms with Crippen molar-refractivity contribution >= 4 is 10.2 Å². The van der Waals surface area contributed by atoms with Crippen LogP contribution < -0.4 is 0 Å². The molecular formula is C9H4FNO2S. The fourth-order valence-electron chi connectivity index (χ4n) is 0.878. The minimum absolute atomic E-state index is 0.0171. The quantitative estimate of drug-likeness (QED) is 0.516. The molecule has 0 heterocycles. The van der Waals surface area contributed by atoms with Crippen LogP contribution in [0.2, 0.25) is 0 Å². The third-order valence-corrected chi connectivity index (χ3v) is 2.28. The van der Waals surface area contributed by atoms with Gasteiger partial charge in [0.05, 0.1) is 0 Å². The highest BCUT2D eigenvalue weighted by molar-refractivity contribution is 7.86. The highest BCUT2D eigenvalue weighted by atomic mass is 32.3. The van der Waals surface area contributed by atoms with E-state index < -0.39 is 15.1 Å². The molecule has 0 saturated carbocycles. The molecule has 5 heteroatoms. The van der Waals surface area contributed by atoms with Crippen LogP contribution in [0.3, 0.4) is 0 Å². The minimum Gasteiger partial charge on any atom is -0.189 e. The Kier molecular flexibility index (Phi) is 2.85. The van der Waals surface area contributed by atoms with E-state index in [1.807, 2.05) is 5.92 Å². The molecule has 1 aromatic rings. The van der Waals surface area contributed by atoms with Crippen LogP contribution in [0.1, 0.15) is 5.56 Å². The van der Waals surface area contributed by atoms with Crippen molar-refractivity contribution < 1.29 is 12.3 Å². The van der Waals surface area contributed by atoms with Crippen LogP contribution in [0.5, 0.6) is 0 Å². The lowest BCUT2D eigenvalue weighted by Gasteiger charge is -1.96. The summed E-state index contributed by atoms with van der Waals surface area (Å²) in [6.45, 7) is 0. The lowest BCUT2D eigenvalue weighted by molar-refractivity contribution is 0.552. The van der Waals surface area contributed by atoms with Crippen LogP contribution in [0.4, 0.5) is 3.89 Å². The summed E-state index contributed by atoms with van der Waals surface area (Å²) < 4.78 is 33.8. The molecule has 70 valence electrons. The Bertz CT molecular complexity index is 546. The van der Waals surface area contributed by atoms with Crippen LogP contribution in [0, 0.1) is 23.2 Å². The van der Waals surface area contributed by atoms with Crippen molar-refractivity contribution in [3.63, 3.8) is 0 Å². The maximum absolute atomic E-state index is 12.6. The number of benzene rings is 1. The Morgan fingerprint density at radius 1 is 1.29 bits per heavy atom. The van der Waals surface area contributed by atoms with Crippen molar-refractivity contribution in [3.8, 4) is 17.9 Å². The molecule has 0 aliphatic rings. The molecule has 3 nitrogen and oxygen atoms in total. The van der Waals surface area contributed by atoms with E-state index in [2.05, 4.69) is 5.92 Å². The van der Waals surface area contributed by atoms with Crippen molar-refractivity contribution in [2.24, 2.45) is 0 Å². The van der Waals surface area contributed by atoms with Gasteiger partial charge in [-0.2, -0.15) is 13.7 Å². The average Bonchev–Trinajstić information content (AvgIpc) is 2.14. The van der Waals surface area contributed by atoms with E-state index in [4.69, 9.17) is 5.26 Å². The summed E-state index contributed by atoms with van der Waals surface area (Å²) in [6, 6.07) is 6.83. The Morgan fingerprint density at radius 2 is 1.93 bits per heavy atom. The number of rotatable bonds is 1. The maximum Gasteiger partial charge on any atom is 0.333 e. The van der Waals surface area contributed by atoms with Gasteiger partial charge in [0, 0.05) is 11.5 Å². The fourth-order valence-corrected chi connectivity index (χ4v) is 1.50. The summed E-state index contributed by atoms with van der Waals surface area (Å²) in [4.78, 5) is -0.511. The van der Waals surface area contributed by atoms with Gasteiger partial charge in [0.15, 0.2) is 6.07 Å². The minimum atomic E-state index is -4.78. The number of nitriles is 1. The fraction of sp³-hybridized carbons (Fsp3) is 0. The van der Waals surface area contributed by atoms with Gasteiger partial charge in [0.1, 0.15) is 4.90 Å². The number of nitrogens with zero attached hydrogens (tertiary/aromatic N) is 1. The van der Waals surface area contributed by atoms with E-state index in [-0.39, 0.29) is 5.56 Å². The SMILES string of the molecule is N#CC#Cc1ccccc1S(=O)(=O)F. The number of hydrogen-bond donors (Lipinski definition) is 0. The second-order valence-electron chi connectivity index (χ2n) is 2.30.